The molecule has 1 aliphatic rings. The van der Waals surface area contributed by atoms with Gasteiger partial charge in [-0.25, -0.2) is 4.98 Å². The first kappa shape index (κ1) is 19.0. The van der Waals surface area contributed by atoms with E-state index in [1.807, 2.05) is 0 Å². The lowest BCUT2D eigenvalue weighted by atomic mass is 9.86. The second kappa shape index (κ2) is 7.62. The van der Waals surface area contributed by atoms with E-state index < -0.39 is 4.92 Å². The molecule has 2 heterocycles. The van der Waals surface area contributed by atoms with Crippen molar-refractivity contribution in [2.24, 2.45) is 5.92 Å². The van der Waals surface area contributed by atoms with Crippen LogP contribution in [0.3, 0.4) is 0 Å². The molecule has 1 aromatic carbocycles. The molecule has 0 unspecified atom stereocenters. The second-order valence-corrected chi connectivity index (χ2v) is 7.65. The van der Waals surface area contributed by atoms with Crippen molar-refractivity contribution in [1.82, 2.24) is 15.5 Å². The minimum absolute atomic E-state index is 0.0415. The molecule has 0 spiro atoms. The maximum atomic E-state index is 13.2. The predicted octanol–water partition coefficient (Wildman–Crippen LogP) is 4.41. The van der Waals surface area contributed by atoms with E-state index in [0.29, 0.717) is 33.8 Å². The molecule has 8 heteroatoms. The molecule has 3 aromatic rings. The number of nitro benzene ring substituents is 1. The SMILES string of the molecule is Cc1noc2nc(-c3cccc([N+](=O)[O-])c3)cc(C(=O)N[C@H]3CCCC[C@H]3C)c12. The van der Waals surface area contributed by atoms with Crippen LogP contribution in [-0.2, 0) is 0 Å². The summed E-state index contributed by atoms with van der Waals surface area (Å²) in [4.78, 5) is 28.3. The summed E-state index contributed by atoms with van der Waals surface area (Å²) in [6, 6.07) is 7.94. The number of hydrogen-bond donors (Lipinski definition) is 1. The van der Waals surface area contributed by atoms with Crippen LogP contribution in [0, 0.1) is 23.0 Å². The van der Waals surface area contributed by atoms with E-state index >= 15 is 0 Å². The molecule has 1 aliphatic carbocycles. The Morgan fingerprint density at radius 1 is 1.28 bits per heavy atom. The molecule has 2 atom stereocenters. The van der Waals surface area contributed by atoms with E-state index in [1.54, 1.807) is 25.1 Å². The zero-order valence-corrected chi connectivity index (χ0v) is 16.3. The third-order valence-electron chi connectivity index (χ3n) is 5.64. The third-order valence-corrected chi connectivity index (χ3v) is 5.64. The number of benzene rings is 1. The second-order valence-electron chi connectivity index (χ2n) is 7.65. The van der Waals surface area contributed by atoms with Gasteiger partial charge < -0.3 is 9.84 Å². The topological polar surface area (TPSA) is 111 Å². The Kier molecular flexibility index (Phi) is 5.00. The van der Waals surface area contributed by atoms with E-state index in [9.17, 15) is 14.9 Å². The highest BCUT2D eigenvalue weighted by Gasteiger charge is 2.26. The number of carbonyl (C=O) groups is 1. The molecular weight excluding hydrogens is 372 g/mol. The molecule has 1 amide bonds. The molecule has 0 bridgehead atoms. The first-order valence-corrected chi connectivity index (χ1v) is 9.76. The summed E-state index contributed by atoms with van der Waals surface area (Å²) in [5.74, 6) is 0.221. The van der Waals surface area contributed by atoms with Crippen LogP contribution in [0.4, 0.5) is 5.69 Å². The van der Waals surface area contributed by atoms with Gasteiger partial charge in [0, 0.05) is 23.7 Å². The van der Waals surface area contributed by atoms with Gasteiger partial charge in [0.05, 0.1) is 27.3 Å². The van der Waals surface area contributed by atoms with Gasteiger partial charge in [0.25, 0.3) is 17.3 Å². The number of aryl methyl sites for hydroxylation is 1. The minimum Gasteiger partial charge on any atom is -0.349 e. The summed E-state index contributed by atoms with van der Waals surface area (Å²) >= 11 is 0. The molecule has 2 aromatic heterocycles. The van der Waals surface area contributed by atoms with E-state index in [4.69, 9.17) is 4.52 Å². The molecule has 0 radical (unpaired) electrons. The normalized spacial score (nSPS) is 19.2. The Balaban J connectivity index is 1.76. The predicted molar refractivity (Wildman–Crippen MR) is 108 cm³/mol. The van der Waals surface area contributed by atoms with E-state index in [2.05, 4.69) is 22.4 Å². The quantitative estimate of drug-likeness (QED) is 0.518. The Labute approximate surface area is 167 Å². The van der Waals surface area contributed by atoms with Gasteiger partial charge in [0.15, 0.2) is 0 Å². The van der Waals surface area contributed by atoms with Gasteiger partial charge in [-0.1, -0.05) is 37.1 Å². The fraction of sp³-hybridized carbons (Fsp3) is 0.381. The lowest BCUT2D eigenvalue weighted by Crippen LogP contribution is -2.41. The molecule has 1 N–H and O–H groups in total. The van der Waals surface area contributed by atoms with Crippen LogP contribution in [0.5, 0.6) is 0 Å². The molecule has 0 saturated heterocycles. The van der Waals surface area contributed by atoms with Crippen molar-refractivity contribution in [3.05, 3.63) is 51.7 Å². The number of non-ortho nitro benzene ring substituents is 1. The van der Waals surface area contributed by atoms with Crippen molar-refractivity contribution in [3.8, 4) is 11.3 Å². The first-order valence-electron chi connectivity index (χ1n) is 9.76. The van der Waals surface area contributed by atoms with Crippen molar-refractivity contribution < 1.29 is 14.2 Å². The Hall–Kier alpha value is -3.29. The first-order chi connectivity index (χ1) is 13.9. The van der Waals surface area contributed by atoms with Crippen LogP contribution < -0.4 is 5.32 Å². The number of rotatable bonds is 4. The number of carbonyl (C=O) groups excluding carboxylic acids is 1. The zero-order chi connectivity index (χ0) is 20.5. The van der Waals surface area contributed by atoms with E-state index in [0.717, 1.165) is 19.3 Å². The van der Waals surface area contributed by atoms with Crippen molar-refractivity contribution >= 4 is 22.7 Å². The molecule has 1 saturated carbocycles. The number of pyridine rings is 1. The Morgan fingerprint density at radius 3 is 2.83 bits per heavy atom. The van der Waals surface area contributed by atoms with Gasteiger partial charge in [-0.05, 0) is 31.7 Å². The van der Waals surface area contributed by atoms with Crippen molar-refractivity contribution in [2.45, 2.75) is 45.6 Å². The molecule has 150 valence electrons. The summed E-state index contributed by atoms with van der Waals surface area (Å²) in [5, 5.41) is 18.8. The molecular formula is C21H22N4O4. The lowest BCUT2D eigenvalue weighted by molar-refractivity contribution is -0.384. The van der Waals surface area contributed by atoms with E-state index in [1.165, 1.54) is 18.6 Å². The zero-order valence-electron chi connectivity index (χ0n) is 16.3. The number of fused-ring (bicyclic) bond motifs is 1. The Bertz CT molecular complexity index is 1090. The van der Waals surface area contributed by atoms with Crippen LogP contribution in [0.25, 0.3) is 22.4 Å². The minimum atomic E-state index is -0.460. The Morgan fingerprint density at radius 2 is 2.07 bits per heavy atom. The van der Waals surface area contributed by atoms with Gasteiger partial charge in [0.2, 0.25) is 0 Å². The van der Waals surface area contributed by atoms with Crippen LogP contribution >= 0.6 is 0 Å². The van der Waals surface area contributed by atoms with Crippen LogP contribution in [0.1, 0.15) is 48.7 Å². The third kappa shape index (κ3) is 3.70. The average Bonchev–Trinajstić information content (AvgIpc) is 3.10. The van der Waals surface area contributed by atoms with Crippen molar-refractivity contribution in [1.29, 1.82) is 0 Å². The molecule has 29 heavy (non-hydrogen) atoms. The number of nitrogens with zero attached hydrogens (tertiary/aromatic N) is 3. The fourth-order valence-corrected chi connectivity index (χ4v) is 3.98. The summed E-state index contributed by atoms with van der Waals surface area (Å²) < 4.78 is 5.32. The lowest BCUT2D eigenvalue weighted by Gasteiger charge is -2.29. The summed E-state index contributed by atoms with van der Waals surface area (Å²) in [5.41, 5.74) is 2.18. The van der Waals surface area contributed by atoms with Gasteiger partial charge in [-0.3, -0.25) is 14.9 Å². The maximum Gasteiger partial charge on any atom is 0.270 e. The highest BCUT2D eigenvalue weighted by molar-refractivity contribution is 6.07. The fourth-order valence-electron chi connectivity index (χ4n) is 3.98. The van der Waals surface area contributed by atoms with Crippen LogP contribution in [-0.4, -0.2) is 27.0 Å². The number of hydrogen-bond acceptors (Lipinski definition) is 6. The average molecular weight is 394 g/mol. The van der Waals surface area contributed by atoms with Gasteiger partial charge in [0.1, 0.15) is 0 Å². The van der Waals surface area contributed by atoms with Gasteiger partial charge in [-0.15, -0.1) is 0 Å². The standard InChI is InChI=1S/C21H22N4O4/c1-12-6-3-4-9-17(12)22-20(26)16-11-18(23-21-19(16)13(2)24-29-21)14-7-5-8-15(10-14)25(27)28/h5,7-8,10-12,17H,3-4,6,9H2,1-2H3,(H,22,26)/t12-,17+/m1/s1. The van der Waals surface area contributed by atoms with Crippen LogP contribution in [0.2, 0.25) is 0 Å². The van der Waals surface area contributed by atoms with E-state index in [-0.39, 0.29) is 23.3 Å². The highest BCUT2D eigenvalue weighted by atomic mass is 16.6. The number of aromatic nitrogens is 2. The van der Waals surface area contributed by atoms with Crippen LogP contribution in [0.15, 0.2) is 34.9 Å². The monoisotopic (exact) mass is 394 g/mol. The molecule has 1 fully saturated rings. The van der Waals surface area contributed by atoms with Gasteiger partial charge >= 0.3 is 0 Å². The number of amides is 1. The van der Waals surface area contributed by atoms with Crippen molar-refractivity contribution in [2.75, 3.05) is 0 Å². The highest BCUT2D eigenvalue weighted by Crippen LogP contribution is 2.30. The molecule has 0 aliphatic heterocycles. The smallest absolute Gasteiger partial charge is 0.270 e. The van der Waals surface area contributed by atoms with Crippen molar-refractivity contribution in [3.63, 3.8) is 0 Å². The largest absolute Gasteiger partial charge is 0.349 e. The number of nitro groups is 1. The maximum absolute atomic E-state index is 13.2. The summed E-state index contributed by atoms with van der Waals surface area (Å²) in [6.45, 7) is 3.92. The summed E-state index contributed by atoms with van der Waals surface area (Å²) in [7, 11) is 0. The number of nitrogens with one attached hydrogen (secondary N) is 1. The van der Waals surface area contributed by atoms with Gasteiger partial charge in [-0.2, -0.15) is 0 Å². The molecule has 4 rings (SSSR count). The molecule has 8 nitrogen and oxygen atoms in total. The summed E-state index contributed by atoms with van der Waals surface area (Å²) in [6.07, 6.45) is 4.35.